The molecule has 0 aliphatic heterocycles. The molecule has 0 unspecified atom stereocenters. The number of nitrogens with zero attached hydrogens (tertiary/aromatic N) is 7. The lowest BCUT2D eigenvalue weighted by Crippen LogP contribution is -2.24. The molecule has 0 aliphatic carbocycles. The predicted molar refractivity (Wildman–Crippen MR) is 139 cm³/mol. The first-order valence-electron chi connectivity index (χ1n) is 11.7. The van der Waals surface area contributed by atoms with Gasteiger partial charge in [0.15, 0.2) is 17.5 Å². The summed E-state index contributed by atoms with van der Waals surface area (Å²) in [5, 5.41) is 17.4. The van der Waals surface area contributed by atoms with Crippen LogP contribution in [0.2, 0.25) is 0 Å². The number of aromatic nitrogens is 8. The van der Waals surface area contributed by atoms with Crippen LogP contribution in [0.15, 0.2) is 55.1 Å². The van der Waals surface area contributed by atoms with Gasteiger partial charge in [-0.2, -0.15) is 10.2 Å². The van der Waals surface area contributed by atoms with E-state index in [0.717, 1.165) is 28.1 Å². The van der Waals surface area contributed by atoms with Crippen LogP contribution >= 0.6 is 0 Å². The first-order chi connectivity index (χ1) is 17.8. The van der Waals surface area contributed by atoms with E-state index in [1.165, 1.54) is 0 Å². The summed E-state index contributed by atoms with van der Waals surface area (Å²) in [5.41, 5.74) is 5.45. The number of aryl methyl sites for hydroxylation is 4. The monoisotopic (exact) mass is 494 g/mol. The van der Waals surface area contributed by atoms with E-state index in [9.17, 15) is 4.79 Å². The van der Waals surface area contributed by atoms with E-state index in [2.05, 4.69) is 45.9 Å². The molecular weight excluding hydrogens is 468 g/mol. The van der Waals surface area contributed by atoms with Gasteiger partial charge in [-0.15, -0.1) is 0 Å². The van der Waals surface area contributed by atoms with Crippen molar-refractivity contribution in [2.45, 2.75) is 34.2 Å². The van der Waals surface area contributed by atoms with Crippen molar-refractivity contribution < 1.29 is 4.79 Å². The Morgan fingerprint density at radius 1 is 0.973 bits per heavy atom. The second-order valence-electron chi connectivity index (χ2n) is 8.84. The third-order valence-corrected chi connectivity index (χ3v) is 5.58. The van der Waals surface area contributed by atoms with Crippen molar-refractivity contribution in [2.75, 3.05) is 5.32 Å². The molecule has 0 aliphatic rings. The third kappa shape index (κ3) is 5.50. The van der Waals surface area contributed by atoms with Crippen LogP contribution in [0.25, 0.3) is 17.2 Å². The molecule has 5 aromatic rings. The first kappa shape index (κ1) is 23.8. The first-order valence-corrected chi connectivity index (χ1v) is 11.7. The van der Waals surface area contributed by atoms with Gasteiger partial charge in [0.25, 0.3) is 5.91 Å². The summed E-state index contributed by atoms with van der Waals surface area (Å²) in [6, 6.07) is 9.37. The lowest BCUT2D eigenvalue weighted by atomic mass is 10.1. The van der Waals surface area contributed by atoms with E-state index in [4.69, 9.17) is 0 Å². The Balaban J connectivity index is 1.26. The van der Waals surface area contributed by atoms with Crippen molar-refractivity contribution in [1.82, 2.24) is 45.2 Å². The van der Waals surface area contributed by atoms with Crippen LogP contribution in [-0.2, 0) is 6.54 Å². The molecule has 0 bridgehead atoms. The molecule has 11 nitrogen and oxygen atoms in total. The Labute approximate surface area is 213 Å². The average Bonchev–Trinajstić information content (AvgIpc) is 3.50. The van der Waals surface area contributed by atoms with Crippen molar-refractivity contribution in [3.8, 4) is 17.2 Å². The molecule has 0 spiro atoms. The molecule has 5 heterocycles. The van der Waals surface area contributed by atoms with Crippen LogP contribution in [-0.4, -0.2) is 45.8 Å². The summed E-state index contributed by atoms with van der Waals surface area (Å²) in [7, 11) is 0. The number of hydrogen-bond donors (Lipinski definition) is 3. The SMILES string of the molecule is Cc1cnn(-c2ccc(CNC(=O)c3ncc(-c4nc(C)cc(Nc5cc(C)[nH]n5)n4)cc3C)cn2)c1. The molecule has 0 aromatic carbocycles. The van der Waals surface area contributed by atoms with Crippen molar-refractivity contribution in [1.29, 1.82) is 0 Å². The lowest BCUT2D eigenvalue weighted by Gasteiger charge is -2.10. The minimum Gasteiger partial charge on any atom is -0.347 e. The van der Waals surface area contributed by atoms with Gasteiger partial charge in [0.2, 0.25) is 0 Å². The number of carbonyl (C=O) groups is 1. The Morgan fingerprint density at radius 2 is 1.84 bits per heavy atom. The highest BCUT2D eigenvalue weighted by Gasteiger charge is 2.14. The standard InChI is InChI=1S/C26H26N10O/c1-15-10-30-36(14-15)23-6-5-19(11-27-23)12-29-26(37)24-16(2)7-20(13-28-24)25-31-17(3)8-21(33-25)32-22-9-18(4)34-35-22/h5-11,13-14H,12H2,1-4H3,(H,29,37)(H2,31,32,33,34,35). The molecule has 0 fully saturated rings. The number of nitrogens with one attached hydrogen (secondary N) is 3. The summed E-state index contributed by atoms with van der Waals surface area (Å²) in [6.45, 7) is 7.97. The van der Waals surface area contributed by atoms with E-state index in [-0.39, 0.29) is 5.91 Å². The van der Waals surface area contributed by atoms with Gasteiger partial charge in [0.05, 0.1) is 6.20 Å². The molecule has 3 N–H and O–H groups in total. The summed E-state index contributed by atoms with van der Waals surface area (Å²) in [4.78, 5) is 30.8. The van der Waals surface area contributed by atoms with E-state index < -0.39 is 0 Å². The minimum absolute atomic E-state index is 0.266. The topological polar surface area (TPSA) is 139 Å². The van der Waals surface area contributed by atoms with E-state index in [1.807, 2.05) is 64.2 Å². The van der Waals surface area contributed by atoms with Crippen LogP contribution in [0.5, 0.6) is 0 Å². The number of amides is 1. The summed E-state index contributed by atoms with van der Waals surface area (Å²) < 4.78 is 1.71. The Kier molecular flexibility index (Phi) is 6.42. The fourth-order valence-corrected chi connectivity index (χ4v) is 3.77. The second kappa shape index (κ2) is 9.97. The number of H-pyrrole nitrogens is 1. The quantitative estimate of drug-likeness (QED) is 0.311. The normalized spacial score (nSPS) is 10.9. The number of carbonyl (C=O) groups excluding carboxylic acids is 1. The molecule has 5 rings (SSSR count). The second-order valence-corrected chi connectivity index (χ2v) is 8.84. The maximum Gasteiger partial charge on any atom is 0.270 e. The molecule has 1 amide bonds. The highest BCUT2D eigenvalue weighted by atomic mass is 16.1. The maximum atomic E-state index is 12.8. The number of anilines is 2. The molecule has 0 radical (unpaired) electrons. The van der Waals surface area contributed by atoms with Crippen molar-refractivity contribution in [3.63, 3.8) is 0 Å². The molecule has 0 atom stereocenters. The van der Waals surface area contributed by atoms with Gasteiger partial charge in [0, 0.05) is 54.2 Å². The zero-order chi connectivity index (χ0) is 25.9. The molecule has 37 heavy (non-hydrogen) atoms. The van der Waals surface area contributed by atoms with Gasteiger partial charge >= 0.3 is 0 Å². The maximum absolute atomic E-state index is 12.8. The van der Waals surface area contributed by atoms with Crippen LogP contribution in [0.4, 0.5) is 11.6 Å². The molecular formula is C26H26N10O. The van der Waals surface area contributed by atoms with Crippen LogP contribution in [0, 0.1) is 27.7 Å². The van der Waals surface area contributed by atoms with Crippen LogP contribution in [0.3, 0.4) is 0 Å². The van der Waals surface area contributed by atoms with E-state index in [0.29, 0.717) is 41.1 Å². The Hall–Kier alpha value is -4.93. The minimum atomic E-state index is -0.266. The predicted octanol–water partition coefficient (Wildman–Crippen LogP) is 3.75. The Bertz CT molecular complexity index is 1570. The molecule has 0 saturated carbocycles. The van der Waals surface area contributed by atoms with Gasteiger partial charge in [-0.05, 0) is 56.5 Å². The molecule has 5 aromatic heterocycles. The van der Waals surface area contributed by atoms with Crippen molar-refractivity contribution in [2.24, 2.45) is 0 Å². The summed E-state index contributed by atoms with van der Waals surface area (Å²) in [5.74, 6) is 2.25. The van der Waals surface area contributed by atoms with Gasteiger partial charge < -0.3 is 10.6 Å². The van der Waals surface area contributed by atoms with Gasteiger partial charge in [-0.25, -0.2) is 19.6 Å². The zero-order valence-electron chi connectivity index (χ0n) is 20.9. The van der Waals surface area contributed by atoms with Crippen LogP contribution < -0.4 is 10.6 Å². The summed E-state index contributed by atoms with van der Waals surface area (Å²) >= 11 is 0. The van der Waals surface area contributed by atoms with Gasteiger partial charge in [0.1, 0.15) is 11.5 Å². The Morgan fingerprint density at radius 3 is 2.51 bits per heavy atom. The molecule has 11 heteroatoms. The fraction of sp³-hybridized carbons (Fsp3) is 0.192. The number of aromatic amines is 1. The van der Waals surface area contributed by atoms with Crippen molar-refractivity contribution >= 4 is 17.5 Å². The molecule has 186 valence electrons. The smallest absolute Gasteiger partial charge is 0.270 e. The van der Waals surface area contributed by atoms with Crippen molar-refractivity contribution in [3.05, 3.63) is 88.9 Å². The van der Waals surface area contributed by atoms with E-state index >= 15 is 0 Å². The number of rotatable bonds is 7. The highest BCUT2D eigenvalue weighted by molar-refractivity contribution is 5.94. The molecule has 0 saturated heterocycles. The fourth-order valence-electron chi connectivity index (χ4n) is 3.77. The highest BCUT2D eigenvalue weighted by Crippen LogP contribution is 2.21. The summed E-state index contributed by atoms with van der Waals surface area (Å²) in [6.07, 6.45) is 7.02. The zero-order valence-corrected chi connectivity index (χ0v) is 20.9. The van der Waals surface area contributed by atoms with E-state index in [1.54, 1.807) is 23.3 Å². The third-order valence-electron chi connectivity index (χ3n) is 5.58. The van der Waals surface area contributed by atoms with Crippen LogP contribution in [0.1, 0.15) is 38.6 Å². The van der Waals surface area contributed by atoms with Gasteiger partial charge in [-0.3, -0.25) is 14.9 Å². The lowest BCUT2D eigenvalue weighted by molar-refractivity contribution is 0.0945. The largest absolute Gasteiger partial charge is 0.347 e. The number of hydrogen-bond acceptors (Lipinski definition) is 8. The average molecular weight is 495 g/mol. The number of pyridine rings is 2. The van der Waals surface area contributed by atoms with Gasteiger partial charge in [-0.1, -0.05) is 6.07 Å².